The van der Waals surface area contributed by atoms with E-state index in [4.69, 9.17) is 0 Å². The molecule has 1 radical (unpaired) electrons. The highest BCUT2D eigenvalue weighted by atomic mass is 24.3. The Balaban J connectivity index is 0.000000490. The number of rotatable bonds is 0. The summed E-state index contributed by atoms with van der Waals surface area (Å²) in [4.78, 5) is 0. The average molecular weight is 117 g/mol. The van der Waals surface area contributed by atoms with Gasteiger partial charge in [-0.15, -0.1) is 0 Å². The van der Waals surface area contributed by atoms with E-state index in [2.05, 4.69) is 13.0 Å². The fourth-order valence-corrected chi connectivity index (χ4v) is 0.470. The lowest BCUT2D eigenvalue weighted by atomic mass is 10.2. The van der Waals surface area contributed by atoms with Crippen molar-refractivity contribution in [2.24, 2.45) is 0 Å². The molecule has 0 nitrogen and oxygen atoms in total. The zero-order valence-electron chi connectivity index (χ0n) is 4.31. The van der Waals surface area contributed by atoms with Gasteiger partial charge < -0.3 is 0 Å². The molecule has 0 atom stereocenters. The van der Waals surface area contributed by atoms with Crippen molar-refractivity contribution in [2.75, 3.05) is 0 Å². The maximum absolute atomic E-state index is 2.93. The Morgan fingerprint density at radius 3 is 2.00 bits per heavy atom. The molecule has 0 aliphatic carbocycles. The maximum Gasteiger partial charge on any atom is 0.316 e. The first-order valence-electron chi connectivity index (χ1n) is 2.32. The van der Waals surface area contributed by atoms with Crippen LogP contribution in [0.1, 0.15) is 5.56 Å². The Hall–Kier alpha value is -0.0138. The van der Waals surface area contributed by atoms with Crippen LogP contribution in [0.4, 0.5) is 0 Å². The normalized spacial score (nSPS) is 7.62. The van der Waals surface area contributed by atoms with Crippen LogP contribution in [0.2, 0.25) is 0 Å². The Bertz CT molecular complexity index is 134. The van der Waals surface area contributed by atoms with E-state index < -0.39 is 0 Å². The highest BCUT2D eigenvalue weighted by molar-refractivity contribution is 5.75. The van der Waals surface area contributed by atoms with Crippen LogP contribution in [0.25, 0.3) is 0 Å². The summed E-state index contributed by atoms with van der Waals surface area (Å²) in [5.74, 6) is 0. The third-order valence-electron chi connectivity index (χ3n) is 0.885. The summed E-state index contributed by atoms with van der Waals surface area (Å²) < 4.78 is 0. The highest BCUT2D eigenvalue weighted by Crippen LogP contribution is 1.91. The monoisotopic (exact) mass is 117 g/mol. The minimum Gasteiger partial charge on any atom is -0.0587 e. The SMILES string of the molecule is Cc1cc[c]cc1.[MgH2]. The van der Waals surface area contributed by atoms with Crippen LogP contribution < -0.4 is 0 Å². The van der Waals surface area contributed by atoms with Gasteiger partial charge in [0.2, 0.25) is 0 Å². The molecule has 8 heavy (non-hydrogen) atoms. The van der Waals surface area contributed by atoms with Gasteiger partial charge in [0, 0.05) is 0 Å². The summed E-state index contributed by atoms with van der Waals surface area (Å²) in [6.45, 7) is 2.06. The van der Waals surface area contributed by atoms with E-state index in [9.17, 15) is 0 Å². The molecule has 0 N–H and O–H groups in total. The van der Waals surface area contributed by atoms with Crippen LogP contribution in [-0.4, -0.2) is 23.1 Å². The van der Waals surface area contributed by atoms with Gasteiger partial charge in [-0.1, -0.05) is 29.8 Å². The highest BCUT2D eigenvalue weighted by Gasteiger charge is 1.72. The lowest BCUT2D eigenvalue weighted by Gasteiger charge is -1.82. The Labute approximate surface area is 66.1 Å². The average Bonchev–Trinajstić information content (AvgIpc) is 1.69. The van der Waals surface area contributed by atoms with E-state index in [0.717, 1.165) is 0 Å². The van der Waals surface area contributed by atoms with Crippen LogP contribution in [0.15, 0.2) is 24.3 Å². The summed E-state index contributed by atoms with van der Waals surface area (Å²) in [6.07, 6.45) is 0. The molecular formula is C7H9Mg. The molecule has 0 spiro atoms. The molecule has 1 aromatic rings. The van der Waals surface area contributed by atoms with E-state index in [1.807, 2.05) is 24.3 Å². The molecular weight excluding hydrogens is 108 g/mol. The van der Waals surface area contributed by atoms with E-state index in [0.29, 0.717) is 0 Å². The molecule has 0 unspecified atom stereocenters. The van der Waals surface area contributed by atoms with Gasteiger partial charge in [0.15, 0.2) is 0 Å². The molecule has 0 bridgehead atoms. The van der Waals surface area contributed by atoms with Crippen molar-refractivity contribution in [3.05, 3.63) is 35.9 Å². The summed E-state index contributed by atoms with van der Waals surface area (Å²) in [5, 5.41) is 0. The van der Waals surface area contributed by atoms with Gasteiger partial charge in [-0.05, 0) is 13.0 Å². The smallest absolute Gasteiger partial charge is 0.0587 e. The van der Waals surface area contributed by atoms with E-state index in [1.165, 1.54) is 5.56 Å². The molecule has 1 rings (SSSR count). The van der Waals surface area contributed by atoms with Gasteiger partial charge >= 0.3 is 23.1 Å². The quantitative estimate of drug-likeness (QED) is 0.443. The fourth-order valence-electron chi connectivity index (χ4n) is 0.470. The van der Waals surface area contributed by atoms with Crippen LogP contribution in [0.5, 0.6) is 0 Å². The summed E-state index contributed by atoms with van der Waals surface area (Å²) >= 11 is 0. The fraction of sp³-hybridized carbons (Fsp3) is 0.143. The Kier molecular flexibility index (Phi) is 3.92. The van der Waals surface area contributed by atoms with Crippen molar-refractivity contribution in [1.82, 2.24) is 0 Å². The first-order valence-corrected chi connectivity index (χ1v) is 2.32. The maximum atomic E-state index is 2.93. The van der Waals surface area contributed by atoms with Crippen LogP contribution in [0, 0.1) is 13.0 Å². The minimum absolute atomic E-state index is 0. The third-order valence-corrected chi connectivity index (χ3v) is 0.885. The van der Waals surface area contributed by atoms with Gasteiger partial charge in [-0.25, -0.2) is 0 Å². The largest absolute Gasteiger partial charge is 0.316 e. The van der Waals surface area contributed by atoms with Crippen molar-refractivity contribution in [3.63, 3.8) is 0 Å². The molecule has 0 heterocycles. The lowest BCUT2D eigenvalue weighted by Crippen LogP contribution is -1.63. The van der Waals surface area contributed by atoms with Crippen molar-refractivity contribution in [3.8, 4) is 0 Å². The van der Waals surface area contributed by atoms with Gasteiger partial charge in [0.25, 0.3) is 0 Å². The van der Waals surface area contributed by atoms with Gasteiger partial charge in [-0.2, -0.15) is 0 Å². The molecule has 0 aromatic heterocycles. The second-order valence-corrected chi connectivity index (χ2v) is 1.58. The molecule has 0 saturated carbocycles. The molecule has 1 aromatic carbocycles. The number of benzene rings is 1. The van der Waals surface area contributed by atoms with Gasteiger partial charge in [-0.3, -0.25) is 0 Å². The molecule has 0 amide bonds. The topological polar surface area (TPSA) is 0 Å². The van der Waals surface area contributed by atoms with Crippen molar-refractivity contribution >= 4 is 23.1 Å². The first kappa shape index (κ1) is 7.99. The lowest BCUT2D eigenvalue weighted by molar-refractivity contribution is 1.47. The molecule has 0 aliphatic heterocycles. The van der Waals surface area contributed by atoms with Crippen molar-refractivity contribution in [1.29, 1.82) is 0 Å². The van der Waals surface area contributed by atoms with Crippen molar-refractivity contribution in [2.45, 2.75) is 6.92 Å². The molecule has 0 aliphatic rings. The van der Waals surface area contributed by atoms with Gasteiger partial charge in [0.1, 0.15) is 0 Å². The van der Waals surface area contributed by atoms with Crippen LogP contribution in [-0.2, 0) is 0 Å². The van der Waals surface area contributed by atoms with E-state index in [-0.39, 0.29) is 23.1 Å². The summed E-state index contributed by atoms with van der Waals surface area (Å²) in [7, 11) is 0. The predicted molar refractivity (Wildman–Crippen MR) is 38.6 cm³/mol. The first-order chi connectivity index (χ1) is 3.39. The second kappa shape index (κ2) is 3.93. The van der Waals surface area contributed by atoms with Crippen LogP contribution in [0.3, 0.4) is 0 Å². The van der Waals surface area contributed by atoms with E-state index in [1.54, 1.807) is 0 Å². The van der Waals surface area contributed by atoms with Crippen molar-refractivity contribution < 1.29 is 0 Å². The van der Waals surface area contributed by atoms with Gasteiger partial charge in [0.05, 0.1) is 0 Å². The predicted octanol–water partition coefficient (Wildman–Crippen LogP) is 0.879. The molecule has 0 fully saturated rings. The minimum atomic E-state index is 0. The third kappa shape index (κ3) is 2.33. The molecule has 0 saturated heterocycles. The second-order valence-electron chi connectivity index (χ2n) is 1.58. The zero-order chi connectivity index (χ0) is 5.11. The molecule has 39 valence electrons. The Morgan fingerprint density at radius 1 is 1.25 bits per heavy atom. The molecule has 1 heteroatoms. The number of hydrogen-bond donors (Lipinski definition) is 0. The number of hydrogen-bond acceptors (Lipinski definition) is 0. The standard InChI is InChI=1S/C7H7.Mg.2H/c1-7-5-3-2-4-6-7;;;/h3-6H,1H3;;;. The zero-order valence-corrected chi connectivity index (χ0v) is 4.31. The Morgan fingerprint density at radius 2 is 1.75 bits per heavy atom. The van der Waals surface area contributed by atoms with E-state index >= 15 is 0 Å². The number of aryl methyl sites for hydroxylation is 1. The van der Waals surface area contributed by atoms with Crippen LogP contribution >= 0.6 is 0 Å². The summed E-state index contributed by atoms with van der Waals surface area (Å²) in [6, 6.07) is 10.8. The summed E-state index contributed by atoms with van der Waals surface area (Å²) in [5.41, 5.74) is 1.29.